The largest absolute Gasteiger partial charge is 0.668 e. The Labute approximate surface area is 247 Å². The third-order valence-corrected chi connectivity index (χ3v) is 17.3. The van der Waals surface area contributed by atoms with Gasteiger partial charge in [0.2, 0.25) is 0 Å². The van der Waals surface area contributed by atoms with E-state index >= 15 is 0 Å². The second kappa shape index (κ2) is 21.1. The average molecular weight is 649 g/mol. The molecule has 1 rings (SSSR count). The lowest BCUT2D eigenvalue weighted by Crippen LogP contribution is -2.76. The lowest BCUT2D eigenvalue weighted by Gasteiger charge is -2.45. The summed E-state index contributed by atoms with van der Waals surface area (Å²) in [6.07, 6.45) is 5.53. The number of hydrogen-bond donors (Lipinski definition) is 0. The molecule has 0 radical (unpaired) electrons. The summed E-state index contributed by atoms with van der Waals surface area (Å²) in [5.74, 6) is 0. The lowest BCUT2D eigenvalue weighted by atomic mass is 10.5. The van der Waals surface area contributed by atoms with Gasteiger partial charge in [-0.1, -0.05) is 55.4 Å². The Balaban J connectivity index is 3.91. The molecule has 0 aliphatic carbocycles. The third-order valence-electron chi connectivity index (χ3n) is 4.86. The maximum atomic E-state index is 6.72. The van der Waals surface area contributed by atoms with Crippen LogP contribution in [0.5, 0.6) is 0 Å². The number of hydrogen-bond acceptors (Lipinski definition) is 12. The first kappa shape index (κ1) is 38.4. The Kier molecular flexibility index (Phi) is 20.3. The highest BCUT2D eigenvalue weighted by atomic mass is 28.6. The van der Waals surface area contributed by atoms with E-state index in [2.05, 4.69) is 0 Å². The first-order valence-corrected chi connectivity index (χ1v) is 21.8. The maximum Gasteiger partial charge on any atom is 0.668 e. The summed E-state index contributed by atoms with van der Waals surface area (Å²) >= 11 is 0. The van der Waals surface area contributed by atoms with Gasteiger partial charge in [0.1, 0.15) is 0 Å². The molecule has 1 saturated heterocycles. The van der Waals surface area contributed by atoms with Gasteiger partial charge in [-0.25, -0.2) is 0 Å². The van der Waals surface area contributed by atoms with Crippen molar-refractivity contribution in [2.24, 2.45) is 0 Å². The molecule has 0 unspecified atom stereocenters. The second-order valence-corrected chi connectivity index (χ2v) is 18.8. The van der Waals surface area contributed by atoms with Crippen LogP contribution < -0.4 is 0 Å². The summed E-state index contributed by atoms with van der Waals surface area (Å²) in [7, 11) is -16.5. The van der Waals surface area contributed by atoms with E-state index in [1.54, 1.807) is 0 Å². The van der Waals surface area contributed by atoms with E-state index in [4.69, 9.17) is 51.9 Å². The molecule has 0 aromatic heterocycles. The summed E-state index contributed by atoms with van der Waals surface area (Å²) in [4.78, 5) is 0. The van der Waals surface area contributed by atoms with Gasteiger partial charge in [0.05, 0.1) is 0 Å². The summed E-state index contributed by atoms with van der Waals surface area (Å²) in [5, 5.41) is 0. The summed E-state index contributed by atoms with van der Waals surface area (Å²) in [6.45, 7) is 18.3. The Bertz CT molecular complexity index is 485. The van der Waals surface area contributed by atoms with Crippen LogP contribution in [0, 0.1) is 0 Å². The summed E-state index contributed by atoms with van der Waals surface area (Å²) in [5.41, 5.74) is 0. The van der Waals surface area contributed by atoms with E-state index in [1.807, 2.05) is 55.4 Å². The van der Waals surface area contributed by atoms with Gasteiger partial charge < -0.3 is 51.9 Å². The Morgan fingerprint density at radius 1 is 0.275 bits per heavy atom. The maximum absolute atomic E-state index is 6.72. The van der Waals surface area contributed by atoms with Crippen LogP contribution in [0.4, 0.5) is 0 Å². The van der Waals surface area contributed by atoms with Crippen molar-refractivity contribution in [2.75, 3.05) is 52.9 Å². The van der Waals surface area contributed by atoms with Gasteiger partial charge in [0, 0.05) is 52.9 Å². The molecule has 0 N–H and O–H groups in total. The van der Waals surface area contributed by atoms with Crippen LogP contribution >= 0.6 is 0 Å². The van der Waals surface area contributed by atoms with Crippen molar-refractivity contribution in [3.05, 3.63) is 0 Å². The first-order chi connectivity index (χ1) is 19.3. The predicted molar refractivity (Wildman–Crippen MR) is 157 cm³/mol. The van der Waals surface area contributed by atoms with Crippen molar-refractivity contribution in [3.63, 3.8) is 0 Å². The molecule has 16 heteroatoms. The van der Waals surface area contributed by atoms with E-state index in [0.717, 1.165) is 0 Å². The smallest absolute Gasteiger partial charge is 0.352 e. The second-order valence-electron chi connectivity index (χ2n) is 9.20. The van der Waals surface area contributed by atoms with Crippen molar-refractivity contribution < 1.29 is 51.9 Å². The zero-order chi connectivity index (χ0) is 29.8. The van der Waals surface area contributed by atoms with Crippen LogP contribution in [-0.2, 0) is 51.9 Å². The van der Waals surface area contributed by atoms with E-state index in [1.165, 1.54) is 0 Å². The Morgan fingerprint density at radius 3 is 0.500 bits per heavy atom. The SMILES string of the molecule is CCCO[Si]1(OCCC)O[Si](OCCC)(OCCC)O[Si](OCCC)(OCCC)O[Si](OCCC)(OCCC)O1. The summed E-state index contributed by atoms with van der Waals surface area (Å²) in [6, 6.07) is 0. The Morgan fingerprint density at radius 2 is 0.400 bits per heavy atom. The van der Waals surface area contributed by atoms with E-state index in [-0.39, 0.29) is 0 Å². The van der Waals surface area contributed by atoms with Gasteiger partial charge >= 0.3 is 36.2 Å². The minimum atomic E-state index is -4.12. The van der Waals surface area contributed by atoms with Crippen LogP contribution in [0.1, 0.15) is 107 Å². The molecule has 0 amide bonds. The topological polar surface area (TPSA) is 111 Å². The minimum absolute atomic E-state index is 0.301. The highest BCUT2D eigenvalue weighted by Crippen LogP contribution is 2.36. The van der Waals surface area contributed by atoms with E-state index < -0.39 is 36.2 Å². The van der Waals surface area contributed by atoms with Crippen molar-refractivity contribution in [3.8, 4) is 0 Å². The molecular formula is C24H56O12Si4. The predicted octanol–water partition coefficient (Wildman–Crippen LogP) is 5.22. The van der Waals surface area contributed by atoms with Gasteiger partial charge in [0.25, 0.3) is 0 Å². The molecule has 1 fully saturated rings. The molecule has 1 aliphatic rings. The lowest BCUT2D eigenvalue weighted by molar-refractivity contribution is -0.112. The van der Waals surface area contributed by atoms with Gasteiger partial charge in [-0.05, 0) is 51.4 Å². The van der Waals surface area contributed by atoms with Crippen molar-refractivity contribution in [2.45, 2.75) is 107 Å². The van der Waals surface area contributed by atoms with Gasteiger partial charge in [-0.2, -0.15) is 0 Å². The normalized spacial score (nSPS) is 19.8. The fraction of sp³-hybridized carbons (Fsp3) is 1.00. The highest BCUT2D eigenvalue weighted by molar-refractivity contribution is 6.83. The van der Waals surface area contributed by atoms with Gasteiger partial charge in [-0.3, -0.25) is 0 Å². The fourth-order valence-corrected chi connectivity index (χ4v) is 18.0. The van der Waals surface area contributed by atoms with Gasteiger partial charge in [0.15, 0.2) is 0 Å². The zero-order valence-corrected chi connectivity index (χ0v) is 30.2. The van der Waals surface area contributed by atoms with E-state index in [0.29, 0.717) is 104 Å². The van der Waals surface area contributed by atoms with E-state index in [9.17, 15) is 0 Å². The van der Waals surface area contributed by atoms with Crippen LogP contribution in [0.3, 0.4) is 0 Å². The molecule has 12 nitrogen and oxygen atoms in total. The molecule has 0 atom stereocenters. The molecular weight excluding hydrogens is 593 g/mol. The van der Waals surface area contributed by atoms with Gasteiger partial charge in [-0.15, -0.1) is 0 Å². The average Bonchev–Trinajstić information content (AvgIpc) is 2.96. The van der Waals surface area contributed by atoms with Crippen molar-refractivity contribution in [1.82, 2.24) is 0 Å². The third kappa shape index (κ3) is 12.9. The Hall–Kier alpha value is 0.388. The summed E-state index contributed by atoms with van der Waals surface area (Å²) < 4.78 is 77.4. The molecule has 0 aromatic rings. The molecule has 0 aromatic carbocycles. The standard InChI is InChI=1S/C24H56O12Si4/c1-9-17-25-37(26-18-10-2)33-38(27-19-11-3,28-20-12-4)35-40(31-23-15-7,32-24-16-8)36-39(34-37,29-21-13-5)30-22-14-6/h9-24H2,1-8H3. The quantitative estimate of drug-likeness (QED) is 0.128. The van der Waals surface area contributed by atoms with Crippen LogP contribution in [-0.4, -0.2) is 89.0 Å². The zero-order valence-electron chi connectivity index (χ0n) is 26.2. The number of rotatable bonds is 24. The molecule has 40 heavy (non-hydrogen) atoms. The molecule has 240 valence electrons. The van der Waals surface area contributed by atoms with Crippen LogP contribution in [0.25, 0.3) is 0 Å². The van der Waals surface area contributed by atoms with Crippen LogP contribution in [0.15, 0.2) is 0 Å². The molecule has 0 saturated carbocycles. The van der Waals surface area contributed by atoms with Crippen molar-refractivity contribution >= 4 is 36.2 Å². The fourth-order valence-electron chi connectivity index (χ4n) is 3.15. The molecule has 1 heterocycles. The molecule has 1 aliphatic heterocycles. The monoisotopic (exact) mass is 648 g/mol. The molecule has 0 bridgehead atoms. The van der Waals surface area contributed by atoms with Crippen molar-refractivity contribution in [1.29, 1.82) is 0 Å². The van der Waals surface area contributed by atoms with Crippen LogP contribution in [0.2, 0.25) is 0 Å². The first-order valence-electron chi connectivity index (χ1n) is 15.2. The molecule has 0 spiro atoms. The highest BCUT2D eigenvalue weighted by Gasteiger charge is 2.75. The minimum Gasteiger partial charge on any atom is -0.352 e.